The van der Waals surface area contributed by atoms with E-state index in [1.54, 1.807) is 55.5 Å². The molecule has 0 aliphatic heterocycles. The Morgan fingerprint density at radius 2 is 1.81 bits per heavy atom. The highest BCUT2D eigenvalue weighted by Crippen LogP contribution is 2.29. The molecule has 0 aliphatic rings. The molecule has 7 heteroatoms. The molecule has 0 fully saturated rings. The average molecular weight is 420 g/mol. The third kappa shape index (κ3) is 6.75. The van der Waals surface area contributed by atoms with Crippen molar-refractivity contribution in [3.05, 3.63) is 71.8 Å². The number of ether oxygens (including phenoxy) is 3. The Morgan fingerprint density at radius 3 is 2.42 bits per heavy atom. The molecule has 31 heavy (non-hydrogen) atoms. The topological polar surface area (TPSA) is 97.7 Å². The van der Waals surface area contributed by atoms with E-state index in [0.29, 0.717) is 41.5 Å². The van der Waals surface area contributed by atoms with Gasteiger partial charge in [-0.25, -0.2) is 4.79 Å². The van der Waals surface area contributed by atoms with Crippen molar-refractivity contribution >= 4 is 23.6 Å². The maximum atomic E-state index is 12.5. The predicted octanol–water partition coefficient (Wildman–Crippen LogP) is 4.37. The Kier molecular flexibility index (Phi) is 8.87. The summed E-state index contributed by atoms with van der Waals surface area (Å²) in [6.45, 7) is 8.23. The van der Waals surface area contributed by atoms with Crippen LogP contribution in [0.2, 0.25) is 0 Å². The van der Waals surface area contributed by atoms with Gasteiger partial charge in [-0.15, -0.1) is 0 Å². The monoisotopic (exact) mass is 420 g/mol. The van der Waals surface area contributed by atoms with Gasteiger partial charge in [0.1, 0.15) is 18.2 Å². The lowest BCUT2D eigenvalue weighted by Gasteiger charge is -2.11. The van der Waals surface area contributed by atoms with E-state index in [1.807, 2.05) is 13.0 Å². The first kappa shape index (κ1) is 23.2. The molecule has 0 spiro atoms. The van der Waals surface area contributed by atoms with Crippen LogP contribution in [0.25, 0.3) is 6.08 Å². The van der Waals surface area contributed by atoms with E-state index in [9.17, 15) is 14.9 Å². The van der Waals surface area contributed by atoms with Crippen LogP contribution in [0.3, 0.4) is 0 Å². The second-order valence-corrected chi connectivity index (χ2v) is 6.16. The summed E-state index contributed by atoms with van der Waals surface area (Å²) in [7, 11) is 0. The molecule has 0 saturated carbocycles. The molecule has 7 nitrogen and oxygen atoms in total. The molecular weight excluding hydrogens is 396 g/mol. The van der Waals surface area contributed by atoms with Crippen LogP contribution in [0.4, 0.5) is 5.69 Å². The molecule has 0 radical (unpaired) electrons. The van der Waals surface area contributed by atoms with Crippen molar-refractivity contribution in [3.63, 3.8) is 0 Å². The first-order valence-electron chi connectivity index (χ1n) is 9.73. The number of nitrogens with zero attached hydrogens (tertiary/aromatic N) is 1. The fraction of sp³-hybridized carbons (Fsp3) is 0.208. The molecule has 2 aromatic rings. The Bertz CT molecular complexity index is 1000. The predicted molar refractivity (Wildman–Crippen MR) is 118 cm³/mol. The third-order valence-electron chi connectivity index (χ3n) is 3.95. The van der Waals surface area contributed by atoms with Gasteiger partial charge in [0.15, 0.2) is 11.5 Å². The molecule has 1 N–H and O–H groups in total. The summed E-state index contributed by atoms with van der Waals surface area (Å²) >= 11 is 0. The Hall–Kier alpha value is -4.05. The maximum absolute atomic E-state index is 12.5. The number of anilines is 1. The van der Waals surface area contributed by atoms with Gasteiger partial charge in [0.25, 0.3) is 5.91 Å². The van der Waals surface area contributed by atoms with E-state index in [1.165, 1.54) is 6.08 Å². The molecule has 0 bridgehead atoms. The molecule has 160 valence electrons. The maximum Gasteiger partial charge on any atom is 0.338 e. The Balaban J connectivity index is 2.18. The molecule has 1 amide bonds. The number of hydrogen-bond acceptors (Lipinski definition) is 6. The van der Waals surface area contributed by atoms with Crippen LogP contribution >= 0.6 is 0 Å². The van der Waals surface area contributed by atoms with Gasteiger partial charge in [-0.3, -0.25) is 4.79 Å². The number of esters is 1. The van der Waals surface area contributed by atoms with Crippen LogP contribution in [-0.4, -0.2) is 31.7 Å². The van der Waals surface area contributed by atoms with Crippen molar-refractivity contribution in [3.8, 4) is 17.6 Å². The van der Waals surface area contributed by atoms with Gasteiger partial charge in [-0.05, 0) is 61.9 Å². The molecule has 0 aliphatic carbocycles. The number of nitriles is 1. The second-order valence-electron chi connectivity index (χ2n) is 6.16. The highest BCUT2D eigenvalue weighted by molar-refractivity contribution is 6.09. The average Bonchev–Trinajstić information content (AvgIpc) is 2.77. The van der Waals surface area contributed by atoms with E-state index in [4.69, 9.17) is 14.2 Å². The number of hydrogen-bond donors (Lipinski definition) is 1. The zero-order valence-corrected chi connectivity index (χ0v) is 17.5. The van der Waals surface area contributed by atoms with Crippen LogP contribution in [0.5, 0.6) is 11.5 Å². The van der Waals surface area contributed by atoms with E-state index in [2.05, 4.69) is 11.9 Å². The molecule has 2 aromatic carbocycles. The Morgan fingerprint density at radius 1 is 1.06 bits per heavy atom. The lowest BCUT2D eigenvalue weighted by molar-refractivity contribution is -0.112. The van der Waals surface area contributed by atoms with Gasteiger partial charge in [0.05, 0.1) is 18.8 Å². The van der Waals surface area contributed by atoms with Crippen LogP contribution < -0.4 is 14.8 Å². The van der Waals surface area contributed by atoms with Crippen molar-refractivity contribution in [2.45, 2.75) is 13.8 Å². The highest BCUT2D eigenvalue weighted by Gasteiger charge is 2.12. The lowest BCUT2D eigenvalue weighted by atomic mass is 10.1. The van der Waals surface area contributed by atoms with Gasteiger partial charge in [0.2, 0.25) is 0 Å². The quantitative estimate of drug-likeness (QED) is 0.265. The fourth-order valence-corrected chi connectivity index (χ4v) is 2.57. The summed E-state index contributed by atoms with van der Waals surface area (Å²) in [5.41, 5.74) is 1.34. The minimum absolute atomic E-state index is 0.0864. The molecule has 0 aromatic heterocycles. The van der Waals surface area contributed by atoms with Gasteiger partial charge in [-0.2, -0.15) is 5.26 Å². The first-order chi connectivity index (χ1) is 15.0. The standard InChI is InChI=1S/C24H24N2O5/c1-4-13-31-21-12-7-17(15-22(21)29-5-2)14-19(16-25)23(27)26-20-10-8-18(9-11-20)24(28)30-6-3/h4,7-12,14-15H,1,5-6,13H2,2-3H3,(H,26,27)/b19-14+. The number of carbonyl (C=O) groups is 2. The normalized spacial score (nSPS) is 10.5. The smallest absolute Gasteiger partial charge is 0.338 e. The summed E-state index contributed by atoms with van der Waals surface area (Å²) < 4.78 is 16.1. The van der Waals surface area contributed by atoms with Crippen molar-refractivity contribution in [1.29, 1.82) is 5.26 Å². The van der Waals surface area contributed by atoms with E-state index in [-0.39, 0.29) is 12.2 Å². The van der Waals surface area contributed by atoms with Gasteiger partial charge < -0.3 is 19.5 Å². The highest BCUT2D eigenvalue weighted by atomic mass is 16.5. The summed E-state index contributed by atoms with van der Waals surface area (Å²) in [5, 5.41) is 12.1. The van der Waals surface area contributed by atoms with Crippen LogP contribution in [0, 0.1) is 11.3 Å². The number of benzene rings is 2. The van der Waals surface area contributed by atoms with E-state index >= 15 is 0 Å². The summed E-state index contributed by atoms with van der Waals surface area (Å²) in [6, 6.07) is 13.3. The summed E-state index contributed by atoms with van der Waals surface area (Å²) in [6.07, 6.45) is 3.09. The summed E-state index contributed by atoms with van der Waals surface area (Å²) in [5.74, 6) is 0.0360. The van der Waals surface area contributed by atoms with E-state index in [0.717, 1.165) is 0 Å². The lowest BCUT2D eigenvalue weighted by Crippen LogP contribution is -2.13. The van der Waals surface area contributed by atoms with Gasteiger partial charge in [-0.1, -0.05) is 18.7 Å². The zero-order chi connectivity index (χ0) is 22.6. The fourth-order valence-electron chi connectivity index (χ4n) is 2.57. The molecule has 2 rings (SSSR count). The SMILES string of the molecule is C=CCOc1ccc(/C=C(\C#N)C(=O)Nc2ccc(C(=O)OCC)cc2)cc1OCC. The molecule has 0 saturated heterocycles. The van der Waals surface area contributed by atoms with Crippen molar-refractivity contribution < 1.29 is 23.8 Å². The van der Waals surface area contributed by atoms with Crippen LogP contribution in [0.15, 0.2) is 60.7 Å². The molecule has 0 heterocycles. The third-order valence-corrected chi connectivity index (χ3v) is 3.95. The number of nitrogens with one attached hydrogen (secondary N) is 1. The van der Waals surface area contributed by atoms with Crippen LogP contribution in [0.1, 0.15) is 29.8 Å². The van der Waals surface area contributed by atoms with Gasteiger partial charge in [0, 0.05) is 5.69 Å². The number of rotatable bonds is 10. The molecule has 0 unspecified atom stereocenters. The first-order valence-corrected chi connectivity index (χ1v) is 9.73. The second kappa shape index (κ2) is 11.8. The van der Waals surface area contributed by atoms with E-state index < -0.39 is 11.9 Å². The minimum Gasteiger partial charge on any atom is -0.490 e. The van der Waals surface area contributed by atoms with Crippen molar-refractivity contribution in [2.24, 2.45) is 0 Å². The minimum atomic E-state index is -0.573. The zero-order valence-electron chi connectivity index (χ0n) is 17.5. The Labute approximate surface area is 181 Å². The van der Waals surface area contributed by atoms with Crippen LogP contribution in [-0.2, 0) is 9.53 Å². The van der Waals surface area contributed by atoms with Crippen molar-refractivity contribution in [1.82, 2.24) is 0 Å². The molecule has 0 atom stereocenters. The van der Waals surface area contributed by atoms with Gasteiger partial charge >= 0.3 is 5.97 Å². The molecular formula is C24H24N2O5. The number of amides is 1. The number of carbonyl (C=O) groups excluding carboxylic acids is 2. The summed E-state index contributed by atoms with van der Waals surface area (Å²) in [4.78, 5) is 24.2. The largest absolute Gasteiger partial charge is 0.490 e. The van der Waals surface area contributed by atoms with Crippen molar-refractivity contribution in [2.75, 3.05) is 25.1 Å².